The Morgan fingerprint density at radius 1 is 0.532 bits per heavy atom. The van der Waals surface area contributed by atoms with Gasteiger partial charge in [-0.05, 0) is 115 Å². The third-order valence-corrected chi connectivity index (χ3v) is 14.8. The number of aromatic nitrogens is 1. The lowest BCUT2D eigenvalue weighted by molar-refractivity contribution is 0.590. The van der Waals surface area contributed by atoms with Gasteiger partial charge in [-0.2, -0.15) is 0 Å². The molecule has 13 rings (SSSR count). The Hall–Kier alpha value is -6.78. The van der Waals surface area contributed by atoms with E-state index in [1.54, 1.807) is 0 Å². The van der Waals surface area contributed by atoms with Crippen LogP contribution in [-0.4, -0.2) is 11.8 Å². The maximum atomic E-state index is 6.55. The lowest BCUT2D eigenvalue weighted by atomic mass is 9.58. The van der Waals surface area contributed by atoms with Crippen molar-refractivity contribution in [3.8, 4) is 39.1 Å². The number of hydrogen-bond acceptors (Lipinski definition) is 2. The first kappa shape index (κ1) is 35.9. The van der Waals surface area contributed by atoms with Crippen molar-refractivity contribution < 1.29 is 4.42 Å². The minimum Gasteiger partial charge on any atom is -0.456 e. The zero-order chi connectivity index (χ0) is 42.0. The van der Waals surface area contributed by atoms with Gasteiger partial charge in [0.15, 0.2) is 7.28 Å². The van der Waals surface area contributed by atoms with Crippen LogP contribution in [0.15, 0.2) is 150 Å². The number of nitrogens with one attached hydrogen (secondary N) is 1. The zero-order valence-electron chi connectivity index (χ0n) is 36.3. The van der Waals surface area contributed by atoms with Crippen LogP contribution in [0.25, 0.3) is 82.8 Å². The number of furan rings is 1. The predicted molar refractivity (Wildman–Crippen MR) is 262 cm³/mol. The Kier molecular flexibility index (Phi) is 6.94. The topological polar surface area (TPSA) is 30.1 Å². The van der Waals surface area contributed by atoms with Crippen molar-refractivity contribution in [2.75, 3.05) is 5.32 Å². The van der Waals surface area contributed by atoms with Crippen LogP contribution in [0.5, 0.6) is 0 Å². The van der Waals surface area contributed by atoms with Gasteiger partial charge in [-0.25, -0.2) is 0 Å². The van der Waals surface area contributed by atoms with Crippen LogP contribution in [0.2, 0.25) is 0 Å². The first-order valence-electron chi connectivity index (χ1n) is 22.1. The van der Waals surface area contributed by atoms with Crippen molar-refractivity contribution in [3.63, 3.8) is 0 Å². The number of benzene rings is 8. The molecule has 0 spiro atoms. The molecule has 8 aromatic carbocycles. The number of fused-ring (bicyclic) bond motifs is 15. The Labute approximate surface area is 363 Å². The van der Waals surface area contributed by atoms with Crippen LogP contribution >= 0.6 is 0 Å². The van der Waals surface area contributed by atoms with Crippen molar-refractivity contribution >= 4 is 73.3 Å². The molecule has 0 saturated carbocycles. The normalized spacial score (nSPS) is 15.1. The van der Waals surface area contributed by atoms with E-state index in [-0.39, 0.29) is 16.2 Å². The second-order valence-corrected chi connectivity index (χ2v) is 20.0. The molecule has 0 unspecified atom stereocenters. The molecule has 1 aliphatic heterocycles. The first-order chi connectivity index (χ1) is 29.9. The summed E-state index contributed by atoms with van der Waals surface area (Å²) in [6.07, 6.45) is 0. The summed E-state index contributed by atoms with van der Waals surface area (Å²) in [5, 5.41) is 8.78. The SMILES string of the molecule is CC(C)(C)c1ccc(Nc2cc3c(cc2-c2ccc4c5c6c(ccc5n5c4c2[B]c2cc4c(cc2-5)C(C)(C)c2ccccc2-4)oc2ccccc26)-c2ccccc2C3(C)C)cc1. The molecule has 0 atom stereocenters. The minimum absolute atomic E-state index is 0.0714. The highest BCUT2D eigenvalue weighted by atomic mass is 16.3. The van der Waals surface area contributed by atoms with Gasteiger partial charge in [-0.15, -0.1) is 0 Å². The van der Waals surface area contributed by atoms with E-state index in [1.807, 2.05) is 0 Å². The standard InChI is InChI=1S/C58H46BN2O/c1-56(2,3)32-20-22-33(23-21-32)60-47-30-44-39(34-14-8-11-17-42(34)57(44,4)5)28-41(47)36-24-25-38-52-48(26-27-51-53(52)37-16-10-13-19-50(37)62-51)61-49-31-45-40(29-46(49)59-54(36)55(38)61)35-15-9-12-18-43(35)58(45,6)7/h8-31,60H,1-7H3. The molecule has 0 saturated heterocycles. The van der Waals surface area contributed by atoms with Gasteiger partial charge in [0.2, 0.25) is 0 Å². The minimum atomic E-state index is -0.143. The van der Waals surface area contributed by atoms with E-state index in [9.17, 15) is 0 Å². The van der Waals surface area contributed by atoms with Gasteiger partial charge in [-0.3, -0.25) is 0 Å². The van der Waals surface area contributed by atoms with Gasteiger partial charge in [-0.1, -0.05) is 151 Å². The summed E-state index contributed by atoms with van der Waals surface area (Å²) in [5.41, 5.74) is 24.4. The molecular formula is C58H46BN2O. The maximum Gasteiger partial charge on any atom is 0.197 e. The molecule has 1 N–H and O–H groups in total. The van der Waals surface area contributed by atoms with Crippen molar-refractivity contribution in [2.24, 2.45) is 0 Å². The second kappa shape index (κ2) is 12.0. The van der Waals surface area contributed by atoms with E-state index < -0.39 is 0 Å². The van der Waals surface area contributed by atoms with Crippen LogP contribution in [0.4, 0.5) is 11.4 Å². The molecule has 1 radical (unpaired) electrons. The fourth-order valence-corrected chi connectivity index (χ4v) is 11.6. The molecule has 0 bridgehead atoms. The number of hydrogen-bond donors (Lipinski definition) is 1. The molecular weight excluding hydrogens is 751 g/mol. The van der Waals surface area contributed by atoms with Crippen LogP contribution < -0.4 is 16.2 Å². The van der Waals surface area contributed by atoms with Gasteiger partial charge in [0.05, 0.1) is 5.52 Å². The average molecular weight is 798 g/mol. The fraction of sp³-hybridized carbons (Fsp3) is 0.172. The second-order valence-electron chi connectivity index (χ2n) is 20.0. The Morgan fingerprint density at radius 3 is 1.92 bits per heavy atom. The predicted octanol–water partition coefficient (Wildman–Crippen LogP) is 14.0. The molecule has 3 nitrogen and oxygen atoms in total. The van der Waals surface area contributed by atoms with E-state index in [0.29, 0.717) is 0 Å². The number of anilines is 2. The summed E-state index contributed by atoms with van der Waals surface area (Å²) in [4.78, 5) is 0. The fourth-order valence-electron chi connectivity index (χ4n) is 11.6. The van der Waals surface area contributed by atoms with Crippen LogP contribution in [0, 0.1) is 0 Å². The summed E-state index contributed by atoms with van der Waals surface area (Å²) >= 11 is 0. The van der Waals surface area contributed by atoms with Gasteiger partial charge in [0, 0.05) is 60.5 Å². The van der Waals surface area contributed by atoms with Crippen molar-refractivity contribution in [1.82, 2.24) is 4.57 Å². The number of para-hydroxylation sites is 1. The summed E-state index contributed by atoms with van der Waals surface area (Å²) < 4.78 is 9.12. The quantitative estimate of drug-likeness (QED) is 0.181. The number of rotatable bonds is 3. The van der Waals surface area contributed by atoms with E-state index >= 15 is 0 Å². The summed E-state index contributed by atoms with van der Waals surface area (Å²) in [6.45, 7) is 16.3. The highest BCUT2D eigenvalue weighted by Gasteiger charge is 2.39. The van der Waals surface area contributed by atoms with Crippen LogP contribution in [0.3, 0.4) is 0 Å². The third-order valence-electron chi connectivity index (χ3n) is 14.8. The van der Waals surface area contributed by atoms with Gasteiger partial charge in [0.1, 0.15) is 11.2 Å². The largest absolute Gasteiger partial charge is 0.456 e. The Balaban J connectivity index is 1.12. The summed E-state index contributed by atoms with van der Waals surface area (Å²) in [5.74, 6) is 0. The third kappa shape index (κ3) is 4.67. The van der Waals surface area contributed by atoms with Gasteiger partial charge in [0.25, 0.3) is 0 Å². The molecule has 3 aliphatic rings. The molecule has 10 aromatic rings. The lowest BCUT2D eigenvalue weighted by Gasteiger charge is -2.28. The smallest absolute Gasteiger partial charge is 0.197 e. The summed E-state index contributed by atoms with van der Waals surface area (Å²) in [6, 6.07) is 54.6. The van der Waals surface area contributed by atoms with Crippen molar-refractivity contribution in [2.45, 2.75) is 64.7 Å². The summed E-state index contributed by atoms with van der Waals surface area (Å²) in [7, 11) is 2.48. The van der Waals surface area contributed by atoms with Gasteiger partial charge < -0.3 is 14.3 Å². The van der Waals surface area contributed by atoms with Crippen LogP contribution in [0.1, 0.15) is 76.3 Å². The van der Waals surface area contributed by atoms with E-state index in [0.717, 1.165) is 27.9 Å². The Morgan fingerprint density at radius 2 is 1.19 bits per heavy atom. The number of nitrogens with zero attached hydrogens (tertiary/aromatic N) is 1. The van der Waals surface area contributed by atoms with Gasteiger partial charge >= 0.3 is 0 Å². The van der Waals surface area contributed by atoms with Crippen molar-refractivity contribution in [3.05, 3.63) is 173 Å². The molecule has 2 aliphatic carbocycles. The van der Waals surface area contributed by atoms with Crippen LogP contribution in [-0.2, 0) is 16.2 Å². The van der Waals surface area contributed by atoms with E-state index in [4.69, 9.17) is 4.42 Å². The molecule has 4 heteroatoms. The monoisotopic (exact) mass is 797 g/mol. The molecule has 0 fully saturated rings. The highest BCUT2D eigenvalue weighted by molar-refractivity contribution is 6.73. The molecule has 2 aromatic heterocycles. The zero-order valence-corrected chi connectivity index (χ0v) is 36.3. The maximum absolute atomic E-state index is 6.55. The molecule has 3 heterocycles. The highest BCUT2D eigenvalue weighted by Crippen LogP contribution is 2.53. The molecule has 0 amide bonds. The first-order valence-corrected chi connectivity index (χ1v) is 22.1. The lowest BCUT2D eigenvalue weighted by Crippen LogP contribution is -2.37. The van der Waals surface area contributed by atoms with Crippen molar-refractivity contribution in [1.29, 1.82) is 0 Å². The van der Waals surface area contributed by atoms with E-state index in [2.05, 4.69) is 211 Å². The van der Waals surface area contributed by atoms with E-state index in [1.165, 1.54) is 105 Å². The molecule has 62 heavy (non-hydrogen) atoms. The average Bonchev–Trinajstić information content (AvgIpc) is 3.94. The molecule has 297 valence electrons. The Bertz CT molecular complexity index is 3610.